The minimum absolute atomic E-state index is 0.561. The fourth-order valence-corrected chi connectivity index (χ4v) is 9.30. The molecule has 0 aromatic heterocycles. The molecule has 1 aliphatic rings. The van der Waals surface area contributed by atoms with Gasteiger partial charge in [-0.3, -0.25) is 0 Å². The Morgan fingerprint density at radius 1 is 0.559 bits per heavy atom. The van der Waals surface area contributed by atoms with Crippen LogP contribution in [0.15, 0.2) is 200 Å². The highest BCUT2D eigenvalue weighted by Crippen LogP contribution is 2.51. The van der Waals surface area contributed by atoms with Crippen molar-refractivity contribution < 1.29 is 0 Å². The van der Waals surface area contributed by atoms with E-state index >= 15 is 0 Å². The number of rotatable bonds is 12. The van der Waals surface area contributed by atoms with E-state index in [-0.39, 0.29) is 0 Å². The Labute approximate surface area is 350 Å². The van der Waals surface area contributed by atoms with Gasteiger partial charge in [0.25, 0.3) is 0 Å². The molecule has 8 aromatic rings. The van der Waals surface area contributed by atoms with Crippen molar-refractivity contribution in [1.82, 2.24) is 0 Å². The van der Waals surface area contributed by atoms with Gasteiger partial charge in [-0.25, -0.2) is 0 Å². The number of fused-ring (bicyclic) bond motifs is 2. The third-order valence-corrected chi connectivity index (χ3v) is 12.5. The summed E-state index contributed by atoms with van der Waals surface area (Å²) in [6.45, 7) is 9.11. The van der Waals surface area contributed by atoms with Gasteiger partial charge in [-0.1, -0.05) is 148 Å². The maximum Gasteiger partial charge on any atom is 0.0468 e. The lowest BCUT2D eigenvalue weighted by molar-refractivity contribution is 0.587. The number of benzene rings is 8. The highest BCUT2D eigenvalue weighted by Gasteiger charge is 2.39. The van der Waals surface area contributed by atoms with Crippen molar-refractivity contribution >= 4 is 61.2 Å². The second kappa shape index (κ2) is 16.7. The summed E-state index contributed by atoms with van der Waals surface area (Å²) < 4.78 is 0. The van der Waals surface area contributed by atoms with Gasteiger partial charge in [0.15, 0.2) is 0 Å². The fraction of sp³-hybridized carbons (Fsp3) is 0.158. The molecule has 0 amide bonds. The monoisotopic (exact) mass is 764 g/mol. The van der Waals surface area contributed by atoms with Gasteiger partial charge in [-0.15, -0.1) is 0 Å². The van der Waals surface area contributed by atoms with E-state index in [0.717, 1.165) is 46.0 Å². The van der Waals surface area contributed by atoms with Crippen molar-refractivity contribution in [3.05, 3.63) is 211 Å². The smallest absolute Gasteiger partial charge is 0.0468 e. The predicted molar refractivity (Wildman–Crippen MR) is 255 cm³/mol. The van der Waals surface area contributed by atoms with Crippen molar-refractivity contribution in [2.24, 2.45) is 11.8 Å². The van der Waals surface area contributed by atoms with Crippen LogP contribution in [0.25, 0.3) is 38.2 Å². The molecule has 9 rings (SSSR count). The number of hydrogen-bond donors (Lipinski definition) is 0. The number of allylic oxidation sites excluding steroid dienone is 4. The van der Waals surface area contributed by atoms with Crippen molar-refractivity contribution in [1.29, 1.82) is 0 Å². The Hall–Kier alpha value is -6.64. The molecule has 0 heterocycles. The first-order valence-electron chi connectivity index (χ1n) is 21.3. The predicted octanol–water partition coefficient (Wildman–Crippen LogP) is 16.7. The van der Waals surface area contributed by atoms with E-state index in [4.69, 9.17) is 0 Å². The molecule has 2 heteroatoms. The minimum atomic E-state index is 0.561. The molecule has 290 valence electrons. The molecule has 0 aliphatic heterocycles. The maximum atomic E-state index is 2.43. The molecule has 0 radical (unpaired) electrons. The highest BCUT2D eigenvalue weighted by molar-refractivity contribution is 6.20. The van der Waals surface area contributed by atoms with Crippen molar-refractivity contribution in [3.63, 3.8) is 0 Å². The zero-order valence-corrected chi connectivity index (χ0v) is 34.6. The Morgan fingerprint density at radius 3 is 1.49 bits per heavy atom. The van der Waals surface area contributed by atoms with E-state index in [0.29, 0.717) is 5.92 Å². The highest BCUT2D eigenvalue weighted by atomic mass is 15.1. The zero-order valence-electron chi connectivity index (χ0n) is 34.6. The molecule has 1 aliphatic carbocycles. The summed E-state index contributed by atoms with van der Waals surface area (Å²) in [5.41, 5.74) is 13.2. The van der Waals surface area contributed by atoms with Crippen LogP contribution in [-0.4, -0.2) is 0 Å². The molecule has 2 nitrogen and oxygen atoms in total. The van der Waals surface area contributed by atoms with Gasteiger partial charge in [0, 0.05) is 34.1 Å². The molecule has 0 N–H and O–H groups in total. The first-order valence-corrected chi connectivity index (χ1v) is 21.3. The van der Waals surface area contributed by atoms with Crippen LogP contribution < -0.4 is 9.80 Å². The second-order valence-corrected chi connectivity index (χ2v) is 16.1. The summed E-state index contributed by atoms with van der Waals surface area (Å²) >= 11 is 0. The molecule has 8 aromatic carbocycles. The van der Waals surface area contributed by atoms with Gasteiger partial charge in [0.05, 0.1) is 0 Å². The summed E-state index contributed by atoms with van der Waals surface area (Å²) in [5.74, 6) is 2.21. The van der Waals surface area contributed by atoms with E-state index in [1.165, 1.54) is 62.2 Å². The average molecular weight is 765 g/mol. The number of hydrogen-bond acceptors (Lipinski definition) is 2. The molecular formula is C57H52N2. The van der Waals surface area contributed by atoms with Crippen molar-refractivity contribution in [3.8, 4) is 11.1 Å². The molecular weight excluding hydrogens is 713 g/mol. The van der Waals surface area contributed by atoms with Gasteiger partial charge in [0.2, 0.25) is 0 Å². The van der Waals surface area contributed by atoms with Crippen LogP contribution in [0.2, 0.25) is 0 Å². The summed E-state index contributed by atoms with van der Waals surface area (Å²) in [6.07, 6.45) is 9.17. The van der Waals surface area contributed by atoms with Gasteiger partial charge in [-0.2, -0.15) is 0 Å². The topological polar surface area (TPSA) is 6.48 Å². The lowest BCUT2D eigenvalue weighted by Crippen LogP contribution is -2.10. The quantitative estimate of drug-likeness (QED) is 0.0903. The van der Waals surface area contributed by atoms with Crippen LogP contribution in [0.3, 0.4) is 0 Å². The SMILES string of the molecule is CC=CC=C(C)c1c2cc(N(c3ccccc3)c3ccccc3)ccc2c(-c2ccc(C(C)C3CC3CC)cc2)c2cc(N(c3ccccc3)c3ccccc3)ccc12. The first kappa shape index (κ1) is 37.9. The van der Waals surface area contributed by atoms with Crippen molar-refractivity contribution in [2.45, 2.75) is 46.5 Å². The van der Waals surface area contributed by atoms with E-state index in [1.807, 2.05) is 0 Å². The summed E-state index contributed by atoms with van der Waals surface area (Å²) in [5, 5.41) is 4.94. The largest absolute Gasteiger partial charge is 0.310 e. The average Bonchev–Trinajstić information content (AvgIpc) is 4.09. The molecule has 0 spiro atoms. The van der Waals surface area contributed by atoms with Gasteiger partial charge in [0.1, 0.15) is 0 Å². The molecule has 0 bridgehead atoms. The lowest BCUT2D eigenvalue weighted by atomic mass is 9.84. The van der Waals surface area contributed by atoms with Crippen LogP contribution >= 0.6 is 0 Å². The van der Waals surface area contributed by atoms with E-state index in [1.54, 1.807) is 0 Å². The molecule has 3 atom stereocenters. The van der Waals surface area contributed by atoms with Gasteiger partial charge < -0.3 is 9.80 Å². The van der Waals surface area contributed by atoms with Gasteiger partial charge in [-0.05, 0) is 160 Å². The van der Waals surface area contributed by atoms with Gasteiger partial charge >= 0.3 is 0 Å². The maximum absolute atomic E-state index is 2.43. The van der Waals surface area contributed by atoms with Crippen LogP contribution in [0.5, 0.6) is 0 Å². The summed E-state index contributed by atoms with van der Waals surface area (Å²) in [4.78, 5) is 4.75. The van der Waals surface area contributed by atoms with Crippen molar-refractivity contribution in [2.75, 3.05) is 9.80 Å². The summed E-state index contributed by atoms with van der Waals surface area (Å²) in [6, 6.07) is 66.7. The molecule has 0 saturated heterocycles. The van der Waals surface area contributed by atoms with E-state index in [9.17, 15) is 0 Å². The van der Waals surface area contributed by atoms with Crippen LogP contribution in [0.1, 0.15) is 57.6 Å². The molecule has 59 heavy (non-hydrogen) atoms. The normalized spacial score (nSPS) is 15.8. The number of anilines is 6. The van der Waals surface area contributed by atoms with Crippen LogP contribution in [-0.2, 0) is 0 Å². The molecule has 1 fully saturated rings. The lowest BCUT2D eigenvalue weighted by Gasteiger charge is -2.28. The summed E-state index contributed by atoms with van der Waals surface area (Å²) in [7, 11) is 0. The Balaban J connectivity index is 1.33. The minimum Gasteiger partial charge on any atom is -0.310 e. The number of para-hydroxylation sites is 4. The first-order chi connectivity index (χ1) is 29.0. The molecule has 3 unspecified atom stereocenters. The van der Waals surface area contributed by atoms with E-state index in [2.05, 4.69) is 238 Å². The standard InChI is InChI=1S/C57H52N2/c1-5-7-20-40(3)56-51-35-33-50(59(47-25-16-10-17-26-47)48-27-18-11-19-28-48)39-55(51)57(44-31-29-43(30-32-44)41(4)53-37-42(53)6-2)52-36-34-49(38-54(52)56)58(45-21-12-8-13-22-45)46-23-14-9-15-24-46/h5,7-36,38-39,41-42,53H,6,37H2,1-4H3. The molecule has 1 saturated carbocycles. The van der Waals surface area contributed by atoms with Crippen LogP contribution in [0, 0.1) is 11.8 Å². The van der Waals surface area contributed by atoms with Crippen LogP contribution in [0.4, 0.5) is 34.1 Å². The third kappa shape index (κ3) is 7.48. The third-order valence-electron chi connectivity index (χ3n) is 12.5. The Bertz CT molecular complexity index is 2670. The second-order valence-electron chi connectivity index (χ2n) is 16.1. The Morgan fingerprint density at radius 2 is 1.03 bits per heavy atom. The van der Waals surface area contributed by atoms with E-state index < -0.39 is 0 Å². The fourth-order valence-electron chi connectivity index (χ4n) is 9.30. The number of nitrogens with zero attached hydrogens (tertiary/aromatic N) is 2. The Kier molecular flexibility index (Phi) is 10.7. The zero-order chi connectivity index (χ0) is 40.3.